The SMILES string of the molecule is NS(=O)(=O)c1cccnc1NC[C@H]1CCN(CC(F)(F)F)C1. The number of pyridine rings is 1. The fraction of sp³-hybridized carbons (Fsp3) is 0.583. The van der Waals surface area contributed by atoms with Crippen LogP contribution >= 0.6 is 0 Å². The fourth-order valence-corrected chi connectivity index (χ4v) is 3.13. The molecule has 0 radical (unpaired) electrons. The zero-order valence-corrected chi connectivity index (χ0v) is 12.5. The normalized spacial score (nSPS) is 20.3. The first-order valence-corrected chi connectivity index (χ1v) is 8.20. The quantitative estimate of drug-likeness (QED) is 0.837. The highest BCUT2D eigenvalue weighted by molar-refractivity contribution is 7.89. The number of sulfonamides is 1. The highest BCUT2D eigenvalue weighted by Crippen LogP contribution is 2.23. The molecule has 6 nitrogen and oxygen atoms in total. The third-order valence-corrected chi connectivity index (χ3v) is 4.35. The molecule has 0 aromatic carbocycles. The van der Waals surface area contributed by atoms with Gasteiger partial charge in [-0.1, -0.05) is 0 Å². The van der Waals surface area contributed by atoms with E-state index in [4.69, 9.17) is 5.14 Å². The van der Waals surface area contributed by atoms with Crippen LogP contribution in [0, 0.1) is 5.92 Å². The molecule has 10 heteroatoms. The Morgan fingerprint density at radius 2 is 2.18 bits per heavy atom. The molecule has 1 atom stereocenters. The third kappa shape index (κ3) is 4.82. The van der Waals surface area contributed by atoms with Gasteiger partial charge in [-0.25, -0.2) is 18.5 Å². The Morgan fingerprint density at radius 1 is 1.45 bits per heavy atom. The van der Waals surface area contributed by atoms with Crippen molar-refractivity contribution >= 4 is 15.8 Å². The van der Waals surface area contributed by atoms with Crippen molar-refractivity contribution < 1.29 is 21.6 Å². The molecule has 2 heterocycles. The molecule has 0 aliphatic carbocycles. The molecule has 2 rings (SSSR count). The second kappa shape index (κ2) is 6.39. The zero-order chi connectivity index (χ0) is 16.4. The van der Waals surface area contributed by atoms with Gasteiger partial charge in [0, 0.05) is 19.3 Å². The standard InChI is InChI=1S/C12H17F3N4O2S/c13-12(14,15)8-19-5-3-9(7-19)6-18-11-10(22(16,20)21)2-1-4-17-11/h1-2,4,9H,3,5-8H2,(H,17,18)(H2,16,20,21)/t9-/m1/s1. The van der Waals surface area contributed by atoms with Gasteiger partial charge in [-0.2, -0.15) is 13.2 Å². The maximum absolute atomic E-state index is 12.3. The maximum atomic E-state index is 12.3. The summed E-state index contributed by atoms with van der Waals surface area (Å²) in [7, 11) is -3.90. The van der Waals surface area contributed by atoms with Crippen LogP contribution in [0.3, 0.4) is 0 Å². The number of nitrogens with one attached hydrogen (secondary N) is 1. The first kappa shape index (κ1) is 17.0. The van der Waals surface area contributed by atoms with Crippen molar-refractivity contribution in [1.82, 2.24) is 9.88 Å². The molecule has 1 aliphatic rings. The van der Waals surface area contributed by atoms with Crippen LogP contribution in [0.5, 0.6) is 0 Å². The molecule has 1 fully saturated rings. The zero-order valence-electron chi connectivity index (χ0n) is 11.7. The van der Waals surface area contributed by atoms with E-state index in [0.717, 1.165) is 0 Å². The number of halogens is 3. The second-order valence-electron chi connectivity index (χ2n) is 5.28. The molecule has 1 aromatic rings. The van der Waals surface area contributed by atoms with Gasteiger partial charge in [-0.15, -0.1) is 0 Å². The van der Waals surface area contributed by atoms with Gasteiger partial charge in [0.1, 0.15) is 10.7 Å². The molecule has 1 aromatic heterocycles. The summed E-state index contributed by atoms with van der Waals surface area (Å²) in [4.78, 5) is 5.13. The minimum absolute atomic E-state index is 0.00214. The molecule has 0 amide bonds. The van der Waals surface area contributed by atoms with Gasteiger partial charge in [0.15, 0.2) is 0 Å². The van der Waals surface area contributed by atoms with E-state index >= 15 is 0 Å². The van der Waals surface area contributed by atoms with E-state index < -0.39 is 22.7 Å². The number of rotatable bonds is 5. The van der Waals surface area contributed by atoms with Gasteiger partial charge in [0.25, 0.3) is 0 Å². The molecule has 124 valence electrons. The molecule has 0 bridgehead atoms. The Labute approximate surface area is 126 Å². The first-order valence-electron chi connectivity index (χ1n) is 6.66. The number of primary sulfonamides is 1. The number of nitrogens with two attached hydrogens (primary N) is 1. The van der Waals surface area contributed by atoms with Gasteiger partial charge in [-0.05, 0) is 31.0 Å². The van der Waals surface area contributed by atoms with Gasteiger partial charge in [0.05, 0.1) is 6.54 Å². The van der Waals surface area contributed by atoms with Crippen molar-refractivity contribution in [1.29, 1.82) is 0 Å². The minimum atomic E-state index is -4.20. The minimum Gasteiger partial charge on any atom is -0.369 e. The van der Waals surface area contributed by atoms with Crippen molar-refractivity contribution in [3.8, 4) is 0 Å². The van der Waals surface area contributed by atoms with Crippen LogP contribution in [0.15, 0.2) is 23.2 Å². The lowest BCUT2D eigenvalue weighted by Gasteiger charge is -2.18. The summed E-state index contributed by atoms with van der Waals surface area (Å²) < 4.78 is 59.8. The Morgan fingerprint density at radius 3 is 2.82 bits per heavy atom. The fourth-order valence-electron chi connectivity index (χ4n) is 2.47. The topological polar surface area (TPSA) is 88.3 Å². The summed E-state index contributed by atoms with van der Waals surface area (Å²) in [5.41, 5.74) is 0. The molecule has 1 aliphatic heterocycles. The number of aromatic nitrogens is 1. The lowest BCUT2D eigenvalue weighted by Crippen LogP contribution is -2.33. The summed E-state index contributed by atoms with van der Waals surface area (Å²) in [6.07, 6.45) is -2.17. The second-order valence-corrected chi connectivity index (χ2v) is 6.81. The van der Waals surface area contributed by atoms with E-state index in [1.54, 1.807) is 0 Å². The highest BCUT2D eigenvalue weighted by Gasteiger charge is 2.34. The number of likely N-dealkylation sites (tertiary alicyclic amines) is 1. The largest absolute Gasteiger partial charge is 0.401 e. The van der Waals surface area contributed by atoms with Gasteiger partial charge in [0.2, 0.25) is 10.0 Å². The Kier molecular flexibility index (Phi) is 4.93. The molecular formula is C12H17F3N4O2S. The lowest BCUT2D eigenvalue weighted by atomic mass is 10.1. The monoisotopic (exact) mass is 338 g/mol. The lowest BCUT2D eigenvalue weighted by molar-refractivity contribution is -0.143. The summed E-state index contributed by atoms with van der Waals surface area (Å²) in [5.74, 6) is 0.122. The summed E-state index contributed by atoms with van der Waals surface area (Å²) >= 11 is 0. The van der Waals surface area contributed by atoms with Crippen LogP contribution in [0.1, 0.15) is 6.42 Å². The Balaban J connectivity index is 1.93. The smallest absolute Gasteiger partial charge is 0.369 e. The Hall–Kier alpha value is -1.39. The van der Waals surface area contributed by atoms with Crippen LogP contribution < -0.4 is 10.5 Å². The van der Waals surface area contributed by atoms with E-state index in [9.17, 15) is 21.6 Å². The molecule has 0 unspecified atom stereocenters. The van der Waals surface area contributed by atoms with Gasteiger partial charge < -0.3 is 5.32 Å². The average molecular weight is 338 g/mol. The highest BCUT2D eigenvalue weighted by atomic mass is 32.2. The molecule has 1 saturated heterocycles. The molecule has 0 saturated carbocycles. The van der Waals surface area contributed by atoms with E-state index in [1.807, 2.05) is 0 Å². The number of hydrogen-bond donors (Lipinski definition) is 2. The number of hydrogen-bond acceptors (Lipinski definition) is 5. The van der Waals surface area contributed by atoms with Crippen LogP contribution in [-0.4, -0.2) is 50.7 Å². The molecular weight excluding hydrogens is 321 g/mol. The van der Waals surface area contributed by atoms with Crippen LogP contribution in [-0.2, 0) is 10.0 Å². The summed E-state index contributed by atoms with van der Waals surface area (Å²) in [5, 5.41) is 7.96. The van der Waals surface area contributed by atoms with E-state index in [1.165, 1.54) is 23.2 Å². The van der Waals surface area contributed by atoms with E-state index in [0.29, 0.717) is 26.1 Å². The maximum Gasteiger partial charge on any atom is 0.401 e. The molecule has 22 heavy (non-hydrogen) atoms. The van der Waals surface area contributed by atoms with Crippen molar-refractivity contribution in [3.05, 3.63) is 18.3 Å². The average Bonchev–Trinajstić information content (AvgIpc) is 2.81. The predicted octanol–water partition coefficient (Wildman–Crippen LogP) is 1.03. The molecule has 0 spiro atoms. The summed E-state index contributed by atoms with van der Waals surface area (Å²) in [6.45, 7) is 0.101. The number of alkyl halides is 3. The van der Waals surface area contributed by atoms with Crippen LogP contribution in [0.4, 0.5) is 19.0 Å². The van der Waals surface area contributed by atoms with E-state index in [-0.39, 0.29) is 16.6 Å². The van der Waals surface area contributed by atoms with Crippen molar-refractivity contribution in [2.45, 2.75) is 17.5 Å². The van der Waals surface area contributed by atoms with Crippen molar-refractivity contribution in [2.75, 3.05) is 31.5 Å². The third-order valence-electron chi connectivity index (χ3n) is 3.41. The van der Waals surface area contributed by atoms with Gasteiger partial charge in [-0.3, -0.25) is 4.90 Å². The number of nitrogens with zero attached hydrogens (tertiary/aromatic N) is 2. The molecule has 3 N–H and O–H groups in total. The predicted molar refractivity (Wildman–Crippen MR) is 74.7 cm³/mol. The van der Waals surface area contributed by atoms with E-state index in [2.05, 4.69) is 10.3 Å². The van der Waals surface area contributed by atoms with Crippen molar-refractivity contribution in [2.24, 2.45) is 11.1 Å². The number of anilines is 1. The van der Waals surface area contributed by atoms with Crippen LogP contribution in [0.2, 0.25) is 0 Å². The van der Waals surface area contributed by atoms with Crippen molar-refractivity contribution in [3.63, 3.8) is 0 Å². The first-order chi connectivity index (χ1) is 10.1. The van der Waals surface area contributed by atoms with Crippen LogP contribution in [0.25, 0.3) is 0 Å². The Bertz CT molecular complexity index is 621. The summed E-state index contributed by atoms with van der Waals surface area (Å²) in [6, 6.07) is 2.78. The van der Waals surface area contributed by atoms with Gasteiger partial charge >= 0.3 is 6.18 Å².